The first-order chi connectivity index (χ1) is 12.7. The van der Waals surface area contributed by atoms with Crippen LogP contribution >= 0.6 is 11.6 Å². The smallest absolute Gasteiger partial charge is 0.406 e. The van der Waals surface area contributed by atoms with Gasteiger partial charge < -0.3 is 19.1 Å². The lowest BCUT2D eigenvalue weighted by Crippen LogP contribution is -2.42. The number of carbonyl (C=O) groups is 1. The third-order valence-electron chi connectivity index (χ3n) is 4.51. The summed E-state index contributed by atoms with van der Waals surface area (Å²) in [6.45, 7) is -0.956. The quantitative estimate of drug-likeness (QED) is 0.567. The van der Waals surface area contributed by atoms with E-state index in [4.69, 9.17) is 16.3 Å². The fourth-order valence-corrected chi connectivity index (χ4v) is 3.57. The van der Waals surface area contributed by atoms with Gasteiger partial charge in [0, 0.05) is 13.2 Å². The molecule has 0 radical (unpaired) electrons. The van der Waals surface area contributed by atoms with Crippen LogP contribution in [0.4, 0.5) is 24.5 Å². The topological polar surface area (TPSA) is 50.6 Å². The maximum Gasteiger partial charge on any atom is 0.406 e. The number of aromatic nitrogens is 2. The number of methoxy groups -OCH3 is 1. The van der Waals surface area contributed by atoms with Gasteiger partial charge >= 0.3 is 12.1 Å². The number of fused-ring (bicyclic) bond motifs is 1. The molecule has 6 nitrogen and oxygen atoms in total. The van der Waals surface area contributed by atoms with Crippen LogP contribution in [-0.4, -0.2) is 47.9 Å². The van der Waals surface area contributed by atoms with Gasteiger partial charge in [0.2, 0.25) is 0 Å². The number of hydrogen-bond acceptors (Lipinski definition) is 5. The molecule has 2 aromatic rings. The Bertz CT molecular complexity index is 840. The van der Waals surface area contributed by atoms with Gasteiger partial charge in [-0.2, -0.15) is 13.2 Å². The van der Waals surface area contributed by atoms with Crippen molar-refractivity contribution in [1.82, 2.24) is 9.55 Å². The minimum absolute atomic E-state index is 0.162. The van der Waals surface area contributed by atoms with E-state index < -0.39 is 18.7 Å². The minimum atomic E-state index is -4.35. The van der Waals surface area contributed by atoms with E-state index in [1.165, 1.54) is 13.3 Å². The predicted molar refractivity (Wildman–Crippen MR) is 95.2 cm³/mol. The number of esters is 1. The van der Waals surface area contributed by atoms with Crippen LogP contribution in [0, 0.1) is 0 Å². The van der Waals surface area contributed by atoms with Crippen molar-refractivity contribution in [2.24, 2.45) is 0 Å². The van der Waals surface area contributed by atoms with Gasteiger partial charge in [0.25, 0.3) is 0 Å². The van der Waals surface area contributed by atoms with Gasteiger partial charge in [-0.15, -0.1) is 11.6 Å². The first-order valence-electron chi connectivity index (χ1n) is 8.08. The second-order valence-corrected chi connectivity index (χ2v) is 6.51. The van der Waals surface area contributed by atoms with E-state index in [0.29, 0.717) is 16.9 Å². The second kappa shape index (κ2) is 7.30. The van der Waals surface area contributed by atoms with Crippen molar-refractivity contribution in [1.29, 1.82) is 0 Å². The van der Waals surface area contributed by atoms with Crippen LogP contribution in [0.25, 0.3) is 0 Å². The number of nitrogens with zero attached hydrogens (tertiary/aromatic N) is 4. The average Bonchev–Trinajstić information content (AvgIpc) is 3.15. The molecule has 1 aromatic heterocycles. The summed E-state index contributed by atoms with van der Waals surface area (Å²) in [4.78, 5) is 19.5. The third-order valence-corrected chi connectivity index (χ3v) is 4.79. The first kappa shape index (κ1) is 19.3. The van der Waals surface area contributed by atoms with Crippen molar-refractivity contribution in [3.05, 3.63) is 42.0 Å². The summed E-state index contributed by atoms with van der Waals surface area (Å²) in [5.41, 5.74) is 2.28. The van der Waals surface area contributed by atoms with E-state index in [-0.39, 0.29) is 18.6 Å². The summed E-state index contributed by atoms with van der Waals surface area (Å²) in [6, 6.07) is 5.08. The van der Waals surface area contributed by atoms with Gasteiger partial charge in [0.15, 0.2) is 0 Å². The van der Waals surface area contributed by atoms with Gasteiger partial charge in [-0.1, -0.05) is 0 Å². The van der Waals surface area contributed by atoms with E-state index >= 15 is 0 Å². The molecule has 0 bridgehead atoms. The fraction of sp³-hybridized carbons (Fsp3) is 0.412. The Hall–Kier alpha value is -2.42. The van der Waals surface area contributed by atoms with Crippen LogP contribution in [0.15, 0.2) is 30.7 Å². The monoisotopic (exact) mass is 402 g/mol. The maximum atomic E-state index is 12.8. The molecule has 0 fully saturated rings. The standard InChI is InChI=1S/C17H18ClF3N4O2/c1-23-13-4-3-11(16(26)27-2)5-14(13)25(15(23)6-18)8-12-7-22-10-24(12)9-17(19,20)21/h3-5,7,10,15H,6,8-9H2,1-2H3. The van der Waals surface area contributed by atoms with Crippen LogP contribution in [0.3, 0.4) is 0 Å². The zero-order valence-electron chi connectivity index (χ0n) is 14.7. The van der Waals surface area contributed by atoms with Crippen LogP contribution in [0.1, 0.15) is 16.1 Å². The number of carbonyl (C=O) groups excluding carboxylic acids is 1. The SMILES string of the molecule is COC(=O)c1ccc2c(c1)N(Cc1cncn1CC(F)(F)F)C(CCl)N2C. The number of alkyl halides is 4. The van der Waals surface area contributed by atoms with Gasteiger partial charge in [0.1, 0.15) is 12.7 Å². The van der Waals surface area contributed by atoms with E-state index in [0.717, 1.165) is 16.6 Å². The molecule has 0 amide bonds. The molecule has 0 N–H and O–H groups in total. The molecule has 27 heavy (non-hydrogen) atoms. The van der Waals surface area contributed by atoms with E-state index in [2.05, 4.69) is 4.98 Å². The highest BCUT2D eigenvalue weighted by Crippen LogP contribution is 2.40. The Kier molecular flexibility index (Phi) is 5.23. The normalized spacial score (nSPS) is 16.6. The minimum Gasteiger partial charge on any atom is -0.465 e. The Morgan fingerprint density at radius 2 is 2.07 bits per heavy atom. The maximum absolute atomic E-state index is 12.8. The largest absolute Gasteiger partial charge is 0.465 e. The fourth-order valence-electron chi connectivity index (χ4n) is 3.19. The summed E-state index contributed by atoms with van der Waals surface area (Å²) < 4.78 is 44.2. The van der Waals surface area contributed by atoms with Crippen molar-refractivity contribution in [2.75, 3.05) is 29.8 Å². The second-order valence-electron chi connectivity index (χ2n) is 6.20. The van der Waals surface area contributed by atoms with E-state index in [1.54, 1.807) is 18.2 Å². The Morgan fingerprint density at radius 3 is 2.70 bits per heavy atom. The van der Waals surface area contributed by atoms with Crippen molar-refractivity contribution in [2.45, 2.75) is 25.4 Å². The molecular weight excluding hydrogens is 385 g/mol. The highest BCUT2D eigenvalue weighted by Gasteiger charge is 2.35. The molecule has 1 atom stereocenters. The zero-order chi connectivity index (χ0) is 19.8. The molecule has 1 aliphatic rings. The third kappa shape index (κ3) is 3.83. The first-order valence-corrected chi connectivity index (χ1v) is 8.62. The molecule has 0 spiro atoms. The van der Waals surface area contributed by atoms with Crippen molar-refractivity contribution in [3.63, 3.8) is 0 Å². The summed E-state index contributed by atoms with van der Waals surface area (Å²) in [6.07, 6.45) is -2.06. The predicted octanol–water partition coefficient (Wildman–Crippen LogP) is 3.25. The molecule has 3 rings (SSSR count). The summed E-state index contributed by atoms with van der Waals surface area (Å²) >= 11 is 6.13. The molecule has 0 saturated carbocycles. The Balaban J connectivity index is 1.96. The molecule has 1 aromatic carbocycles. The lowest BCUT2D eigenvalue weighted by atomic mass is 10.1. The van der Waals surface area contributed by atoms with Gasteiger partial charge in [0.05, 0.1) is 48.5 Å². The lowest BCUT2D eigenvalue weighted by molar-refractivity contribution is -0.141. The Labute approximate surface area is 159 Å². The summed E-state index contributed by atoms with van der Waals surface area (Å²) in [5.74, 6) is -0.261. The number of anilines is 2. The molecule has 1 unspecified atom stereocenters. The molecule has 2 heterocycles. The van der Waals surface area contributed by atoms with Gasteiger partial charge in [-0.3, -0.25) is 0 Å². The van der Waals surface area contributed by atoms with Crippen molar-refractivity contribution in [3.8, 4) is 0 Å². The van der Waals surface area contributed by atoms with Crippen LogP contribution in [0.2, 0.25) is 0 Å². The zero-order valence-corrected chi connectivity index (χ0v) is 15.5. The van der Waals surface area contributed by atoms with E-state index in [9.17, 15) is 18.0 Å². The highest BCUT2D eigenvalue weighted by atomic mass is 35.5. The number of rotatable bonds is 5. The Morgan fingerprint density at radius 1 is 1.33 bits per heavy atom. The summed E-state index contributed by atoms with van der Waals surface area (Å²) in [5, 5.41) is 0. The van der Waals surface area contributed by atoms with E-state index in [1.807, 2.05) is 16.8 Å². The van der Waals surface area contributed by atoms with Gasteiger partial charge in [-0.25, -0.2) is 9.78 Å². The lowest BCUT2D eigenvalue weighted by Gasteiger charge is -2.29. The average molecular weight is 403 g/mol. The summed E-state index contributed by atoms with van der Waals surface area (Å²) in [7, 11) is 3.13. The van der Waals surface area contributed by atoms with Crippen LogP contribution in [0.5, 0.6) is 0 Å². The number of hydrogen-bond donors (Lipinski definition) is 0. The number of ether oxygens (including phenoxy) is 1. The molecule has 10 heteroatoms. The molecule has 1 aliphatic heterocycles. The highest BCUT2D eigenvalue weighted by molar-refractivity contribution is 6.18. The van der Waals surface area contributed by atoms with Gasteiger partial charge in [-0.05, 0) is 18.2 Å². The molecule has 0 saturated heterocycles. The molecule has 146 valence electrons. The van der Waals surface area contributed by atoms with Crippen molar-refractivity contribution >= 4 is 28.9 Å². The number of halogens is 4. The molecule has 0 aliphatic carbocycles. The van der Waals surface area contributed by atoms with Crippen LogP contribution in [-0.2, 0) is 17.8 Å². The number of benzene rings is 1. The van der Waals surface area contributed by atoms with Crippen LogP contribution < -0.4 is 9.80 Å². The number of imidazole rings is 1. The van der Waals surface area contributed by atoms with Crippen molar-refractivity contribution < 1.29 is 22.7 Å². The molecular formula is C17H18ClF3N4O2.